The first-order valence-electron chi connectivity index (χ1n) is 9.00. The van der Waals surface area contributed by atoms with Gasteiger partial charge in [0.05, 0.1) is 6.10 Å². The average molecular weight is 407 g/mol. The smallest absolute Gasteiger partial charge is 0.856 e. The van der Waals surface area contributed by atoms with Crippen LogP contribution in [0.4, 0.5) is 4.39 Å². The molecule has 0 spiro atoms. The molecule has 0 saturated heterocycles. The summed E-state index contributed by atoms with van der Waals surface area (Å²) in [5.41, 5.74) is -0.308. The first-order chi connectivity index (χ1) is 13.4. The van der Waals surface area contributed by atoms with Crippen LogP contribution in [0.25, 0.3) is 11.3 Å². The molecule has 3 aromatic heterocycles. The van der Waals surface area contributed by atoms with Crippen molar-refractivity contribution in [2.45, 2.75) is 44.6 Å². The molecular formula is C20H19FN3NaO4. The molecular weight excluding hydrogens is 388 g/mol. The number of hydrogen-bond donors (Lipinski definition) is 0. The summed E-state index contributed by atoms with van der Waals surface area (Å²) in [6.07, 6.45) is 3.23. The summed E-state index contributed by atoms with van der Waals surface area (Å²) in [7, 11) is 0. The molecule has 29 heavy (non-hydrogen) atoms. The number of pyridine rings is 2. The monoisotopic (exact) mass is 407 g/mol. The third kappa shape index (κ3) is 4.88. The molecule has 3 aromatic rings. The van der Waals surface area contributed by atoms with Crippen LogP contribution in [0, 0.1) is 0 Å². The van der Waals surface area contributed by atoms with E-state index in [1.165, 1.54) is 12.3 Å². The Bertz CT molecular complexity index is 958. The van der Waals surface area contributed by atoms with Crippen LogP contribution in [0.1, 0.15) is 32.3 Å². The zero-order chi connectivity index (χ0) is 19.7. The van der Waals surface area contributed by atoms with Gasteiger partial charge in [-0.25, -0.2) is 14.4 Å². The Labute approximate surface area is 189 Å². The molecule has 1 aliphatic rings. The summed E-state index contributed by atoms with van der Waals surface area (Å²) < 4.78 is 31.4. The summed E-state index contributed by atoms with van der Waals surface area (Å²) in [5.74, 6) is 0.700. The van der Waals surface area contributed by atoms with Crippen molar-refractivity contribution in [1.82, 2.24) is 15.1 Å². The molecule has 0 bridgehead atoms. The molecule has 146 valence electrons. The normalized spacial score (nSPS) is 20.6. The Morgan fingerprint density at radius 3 is 2.59 bits per heavy atom. The van der Waals surface area contributed by atoms with E-state index in [1.54, 1.807) is 30.5 Å². The van der Waals surface area contributed by atoms with E-state index in [0.717, 1.165) is 0 Å². The van der Waals surface area contributed by atoms with Gasteiger partial charge in [-0.1, -0.05) is 5.16 Å². The Hall–Kier alpha value is -2.16. The summed E-state index contributed by atoms with van der Waals surface area (Å²) in [6, 6.07) is 7.96. The Balaban J connectivity index is 0.00000240. The molecule has 0 unspecified atom stereocenters. The summed E-state index contributed by atoms with van der Waals surface area (Å²) in [6.45, 7) is 3.79. The van der Waals surface area contributed by atoms with Crippen LogP contribution in [0.3, 0.4) is 0 Å². The third-order valence-electron chi connectivity index (χ3n) is 4.51. The van der Waals surface area contributed by atoms with Gasteiger partial charge in [0.25, 0.3) is 0 Å². The minimum absolute atomic E-state index is 0. The van der Waals surface area contributed by atoms with Crippen LogP contribution in [0.15, 0.2) is 47.2 Å². The topological polar surface area (TPSA) is 93.3 Å². The molecule has 7 nitrogen and oxygen atoms in total. The van der Waals surface area contributed by atoms with Crippen LogP contribution in [-0.4, -0.2) is 27.3 Å². The maximum Gasteiger partial charge on any atom is 1.00 e. The molecule has 1 aliphatic carbocycles. The van der Waals surface area contributed by atoms with Gasteiger partial charge in [-0.05, 0) is 37.6 Å². The number of rotatable bonds is 6. The predicted molar refractivity (Wildman–Crippen MR) is 95.6 cm³/mol. The number of hydrogen-bond acceptors (Lipinski definition) is 7. The minimum Gasteiger partial charge on any atom is -0.856 e. The molecule has 0 atom stereocenters. The van der Waals surface area contributed by atoms with Gasteiger partial charge in [0.15, 0.2) is 5.76 Å². The maximum absolute atomic E-state index is 15.2. The van der Waals surface area contributed by atoms with Gasteiger partial charge < -0.3 is 19.1 Å². The van der Waals surface area contributed by atoms with Crippen molar-refractivity contribution < 1.29 is 53.1 Å². The Morgan fingerprint density at radius 2 is 1.97 bits per heavy atom. The predicted octanol–water partition coefficient (Wildman–Crippen LogP) is 0.403. The van der Waals surface area contributed by atoms with Gasteiger partial charge in [0.1, 0.15) is 11.8 Å². The van der Waals surface area contributed by atoms with Crippen LogP contribution in [-0.2, 0) is 5.67 Å². The first kappa shape index (κ1) is 21.5. The third-order valence-corrected chi connectivity index (χ3v) is 4.51. The number of halogens is 1. The standard InChI is InChI=1S/C20H20FN3O4.Na/c1-12(2)26-19-7-14(5-6-22-19)20(21)9-15(10-20)27-18-4-3-13(11-23-18)16-8-17(25)24-28-16;/h3-8,11-12,15H,9-10H2,1-2H3,(H,24,25);/q;+1/p-1. The van der Waals surface area contributed by atoms with Gasteiger partial charge in [0.2, 0.25) is 11.8 Å². The molecule has 1 saturated carbocycles. The molecule has 9 heteroatoms. The zero-order valence-corrected chi connectivity index (χ0v) is 18.5. The fourth-order valence-corrected chi connectivity index (χ4v) is 3.14. The quantitative estimate of drug-likeness (QED) is 0.546. The van der Waals surface area contributed by atoms with E-state index in [-0.39, 0.29) is 54.6 Å². The first-order valence-corrected chi connectivity index (χ1v) is 9.00. The van der Waals surface area contributed by atoms with E-state index in [9.17, 15) is 5.11 Å². The van der Waals surface area contributed by atoms with Gasteiger partial charge in [0, 0.05) is 48.8 Å². The fourth-order valence-electron chi connectivity index (χ4n) is 3.14. The largest absolute Gasteiger partial charge is 1.00 e. The molecule has 0 aromatic carbocycles. The number of alkyl halides is 1. The van der Waals surface area contributed by atoms with Crippen molar-refractivity contribution in [2.24, 2.45) is 0 Å². The molecule has 0 N–H and O–H groups in total. The Kier molecular flexibility index (Phi) is 6.45. The number of nitrogens with zero attached hydrogens (tertiary/aromatic N) is 3. The van der Waals surface area contributed by atoms with E-state index >= 15 is 4.39 Å². The van der Waals surface area contributed by atoms with E-state index < -0.39 is 11.5 Å². The van der Waals surface area contributed by atoms with Gasteiger partial charge >= 0.3 is 29.6 Å². The molecule has 0 amide bonds. The molecule has 0 radical (unpaired) electrons. The van der Waals surface area contributed by atoms with Crippen molar-refractivity contribution in [3.05, 3.63) is 48.3 Å². The average Bonchev–Trinajstić information content (AvgIpc) is 3.07. The van der Waals surface area contributed by atoms with Crippen molar-refractivity contribution in [3.63, 3.8) is 0 Å². The maximum atomic E-state index is 15.2. The van der Waals surface area contributed by atoms with Crippen LogP contribution >= 0.6 is 0 Å². The van der Waals surface area contributed by atoms with E-state index in [2.05, 4.69) is 15.1 Å². The summed E-state index contributed by atoms with van der Waals surface area (Å²) in [4.78, 5) is 8.30. The van der Waals surface area contributed by atoms with E-state index in [0.29, 0.717) is 28.6 Å². The van der Waals surface area contributed by atoms with Gasteiger partial charge in [-0.3, -0.25) is 0 Å². The molecule has 4 rings (SSSR count). The SMILES string of the molecule is CC(C)Oc1cc(C2(F)CC(Oc3ccc(-c4cc([O-])no4)cn3)C2)ccn1.[Na+]. The van der Waals surface area contributed by atoms with Gasteiger partial charge in [-0.2, -0.15) is 0 Å². The molecule has 1 fully saturated rings. The number of ether oxygens (including phenoxy) is 2. The molecule has 3 heterocycles. The van der Waals surface area contributed by atoms with Crippen molar-refractivity contribution >= 4 is 0 Å². The van der Waals surface area contributed by atoms with Gasteiger partial charge in [-0.15, -0.1) is 0 Å². The molecule has 0 aliphatic heterocycles. The van der Waals surface area contributed by atoms with Crippen molar-refractivity contribution in [2.75, 3.05) is 0 Å². The fraction of sp³-hybridized carbons (Fsp3) is 0.350. The van der Waals surface area contributed by atoms with Crippen LogP contribution < -0.4 is 44.1 Å². The minimum atomic E-state index is -1.47. The second kappa shape index (κ2) is 8.69. The van der Waals surface area contributed by atoms with Crippen molar-refractivity contribution in [3.8, 4) is 29.0 Å². The van der Waals surface area contributed by atoms with E-state index in [1.807, 2.05) is 13.8 Å². The summed E-state index contributed by atoms with van der Waals surface area (Å²) in [5, 5.41) is 14.4. The Morgan fingerprint density at radius 1 is 1.17 bits per heavy atom. The van der Waals surface area contributed by atoms with Crippen molar-refractivity contribution in [1.29, 1.82) is 0 Å². The number of aromatic nitrogens is 3. The van der Waals surface area contributed by atoms with E-state index in [4.69, 9.17) is 14.0 Å². The zero-order valence-electron chi connectivity index (χ0n) is 16.5. The van der Waals surface area contributed by atoms with Crippen LogP contribution in [0.2, 0.25) is 0 Å². The summed E-state index contributed by atoms with van der Waals surface area (Å²) >= 11 is 0. The second-order valence-corrected chi connectivity index (χ2v) is 7.08. The second-order valence-electron chi connectivity index (χ2n) is 7.08. The van der Waals surface area contributed by atoms with Crippen LogP contribution in [0.5, 0.6) is 17.6 Å².